The highest BCUT2D eigenvalue weighted by molar-refractivity contribution is 5.89. The standard InChI is InChI=1S/C27H27F3N2O3/c1-16-10-11-20(18(3)12-16)15-35-24-17(2)6-4-9-22(24)19-7-5-8-21(13-19)32-25(27(28,29)30)23(14-31-32)26(33)34/h5,7-9,11-14,16H,4,6,10,15H2,1-3H3,(H,33,34). The summed E-state index contributed by atoms with van der Waals surface area (Å²) in [6.07, 6.45) is 4.88. The fourth-order valence-electron chi connectivity index (χ4n) is 4.51. The zero-order valence-electron chi connectivity index (χ0n) is 19.8. The highest BCUT2D eigenvalue weighted by atomic mass is 19.4. The lowest BCUT2D eigenvalue weighted by Crippen LogP contribution is -2.17. The molecule has 0 amide bonds. The van der Waals surface area contributed by atoms with Crippen molar-refractivity contribution in [3.8, 4) is 5.69 Å². The molecule has 4 rings (SSSR count). The van der Waals surface area contributed by atoms with Gasteiger partial charge in [0, 0.05) is 5.57 Å². The molecule has 0 saturated heterocycles. The van der Waals surface area contributed by atoms with Crippen LogP contribution in [0.1, 0.15) is 61.6 Å². The number of ether oxygens (including phenoxy) is 1. The van der Waals surface area contributed by atoms with Gasteiger partial charge in [-0.05, 0) is 73.4 Å². The lowest BCUT2D eigenvalue weighted by atomic mass is 9.92. The first-order chi connectivity index (χ1) is 16.6. The third-order valence-electron chi connectivity index (χ3n) is 6.32. The Kier molecular flexibility index (Phi) is 6.74. The Balaban J connectivity index is 1.67. The predicted molar refractivity (Wildman–Crippen MR) is 127 cm³/mol. The summed E-state index contributed by atoms with van der Waals surface area (Å²) in [5.41, 5.74) is 2.79. The number of carboxylic acids is 1. The first-order valence-corrected chi connectivity index (χ1v) is 11.5. The molecule has 35 heavy (non-hydrogen) atoms. The van der Waals surface area contributed by atoms with E-state index < -0.39 is 23.4 Å². The zero-order valence-corrected chi connectivity index (χ0v) is 19.8. The number of hydrogen-bond acceptors (Lipinski definition) is 3. The molecule has 0 bridgehead atoms. The van der Waals surface area contributed by atoms with Crippen molar-refractivity contribution in [3.63, 3.8) is 0 Å². The predicted octanol–water partition coefficient (Wildman–Crippen LogP) is 6.97. The van der Waals surface area contributed by atoms with Crippen molar-refractivity contribution in [2.24, 2.45) is 5.92 Å². The van der Waals surface area contributed by atoms with E-state index in [1.54, 1.807) is 18.2 Å². The van der Waals surface area contributed by atoms with Gasteiger partial charge in [0.2, 0.25) is 0 Å². The zero-order chi connectivity index (χ0) is 25.3. The maximum Gasteiger partial charge on any atom is 0.434 e. The number of aromatic nitrogens is 2. The summed E-state index contributed by atoms with van der Waals surface area (Å²) in [5, 5.41) is 13.0. The number of nitrogens with zero attached hydrogens (tertiary/aromatic N) is 2. The molecule has 1 atom stereocenters. The van der Waals surface area contributed by atoms with Gasteiger partial charge in [-0.3, -0.25) is 0 Å². The average Bonchev–Trinajstić information content (AvgIpc) is 3.26. The van der Waals surface area contributed by atoms with Gasteiger partial charge in [-0.1, -0.05) is 37.3 Å². The van der Waals surface area contributed by atoms with Crippen LogP contribution in [0.15, 0.2) is 71.2 Å². The van der Waals surface area contributed by atoms with Gasteiger partial charge >= 0.3 is 12.1 Å². The van der Waals surface area contributed by atoms with E-state index in [9.17, 15) is 23.1 Å². The fraction of sp³-hybridized carbons (Fsp3) is 0.333. The summed E-state index contributed by atoms with van der Waals surface area (Å²) in [6.45, 7) is 6.65. The molecular formula is C27H27F3N2O3. The van der Waals surface area contributed by atoms with Crippen molar-refractivity contribution in [1.82, 2.24) is 9.78 Å². The van der Waals surface area contributed by atoms with Crippen molar-refractivity contribution in [3.05, 3.63) is 88.0 Å². The SMILES string of the molecule is CC1=CC(C)CC=C1COC1=C(C)CCC=C1c1cccc(-n2ncc(C(=O)O)c2C(F)(F)F)c1. The maximum atomic E-state index is 13.7. The number of carboxylic acid groups (broad SMARTS) is 1. The minimum atomic E-state index is -4.88. The summed E-state index contributed by atoms with van der Waals surface area (Å²) < 4.78 is 48.1. The summed E-state index contributed by atoms with van der Waals surface area (Å²) in [6, 6.07) is 6.49. The first kappa shape index (κ1) is 24.6. The van der Waals surface area contributed by atoms with Crippen LogP contribution in [0.25, 0.3) is 11.3 Å². The van der Waals surface area contributed by atoms with Crippen molar-refractivity contribution in [2.45, 2.75) is 46.2 Å². The Morgan fingerprint density at radius 2 is 2.03 bits per heavy atom. The van der Waals surface area contributed by atoms with E-state index in [1.165, 1.54) is 11.6 Å². The number of aromatic carboxylic acids is 1. The molecule has 2 aliphatic rings. The maximum absolute atomic E-state index is 13.7. The Hall–Kier alpha value is -3.55. The number of benzene rings is 1. The van der Waals surface area contributed by atoms with E-state index in [4.69, 9.17) is 4.74 Å². The quantitative estimate of drug-likeness (QED) is 0.481. The Bertz CT molecular complexity index is 1280. The molecule has 5 nitrogen and oxygen atoms in total. The van der Waals surface area contributed by atoms with E-state index in [-0.39, 0.29) is 5.69 Å². The first-order valence-electron chi connectivity index (χ1n) is 11.5. The average molecular weight is 485 g/mol. The monoisotopic (exact) mass is 484 g/mol. The highest BCUT2D eigenvalue weighted by Gasteiger charge is 2.40. The number of carbonyl (C=O) groups is 1. The summed E-state index contributed by atoms with van der Waals surface area (Å²) in [4.78, 5) is 11.4. The van der Waals surface area contributed by atoms with Crippen LogP contribution in [-0.4, -0.2) is 27.5 Å². The summed E-state index contributed by atoms with van der Waals surface area (Å²) in [7, 11) is 0. The molecule has 2 aliphatic carbocycles. The number of alkyl halides is 3. The van der Waals surface area contributed by atoms with E-state index in [0.29, 0.717) is 22.8 Å². The fourth-order valence-corrected chi connectivity index (χ4v) is 4.51. The van der Waals surface area contributed by atoms with Crippen LogP contribution in [-0.2, 0) is 10.9 Å². The third-order valence-corrected chi connectivity index (χ3v) is 6.32. The lowest BCUT2D eigenvalue weighted by molar-refractivity contribution is -0.143. The molecule has 1 N–H and O–H groups in total. The molecule has 0 fully saturated rings. The van der Waals surface area contributed by atoms with Gasteiger partial charge in [-0.15, -0.1) is 0 Å². The Labute approximate surface area is 201 Å². The number of allylic oxidation sites excluding steroid dienone is 5. The summed E-state index contributed by atoms with van der Waals surface area (Å²) >= 11 is 0. The molecule has 8 heteroatoms. The van der Waals surface area contributed by atoms with Gasteiger partial charge in [0.05, 0.1) is 11.9 Å². The molecule has 1 heterocycles. The molecule has 1 unspecified atom stereocenters. The number of hydrogen-bond donors (Lipinski definition) is 1. The van der Waals surface area contributed by atoms with Crippen molar-refractivity contribution < 1.29 is 27.8 Å². The molecule has 2 aromatic rings. The molecule has 1 aromatic heterocycles. The molecule has 0 spiro atoms. The second-order valence-corrected chi connectivity index (χ2v) is 9.02. The molecule has 0 saturated carbocycles. The second kappa shape index (κ2) is 9.60. The van der Waals surface area contributed by atoms with Gasteiger partial charge in [0.15, 0.2) is 5.69 Å². The molecule has 184 valence electrons. The van der Waals surface area contributed by atoms with Gasteiger partial charge in [0.25, 0.3) is 0 Å². The van der Waals surface area contributed by atoms with Crippen molar-refractivity contribution >= 4 is 11.5 Å². The van der Waals surface area contributed by atoms with E-state index >= 15 is 0 Å². The normalized spacial score (nSPS) is 18.7. The van der Waals surface area contributed by atoms with Gasteiger partial charge < -0.3 is 9.84 Å². The molecular weight excluding hydrogens is 457 g/mol. The van der Waals surface area contributed by atoms with Crippen LogP contribution in [0.3, 0.4) is 0 Å². The molecule has 1 aromatic carbocycles. The van der Waals surface area contributed by atoms with Crippen LogP contribution >= 0.6 is 0 Å². The van der Waals surface area contributed by atoms with Gasteiger partial charge in [0.1, 0.15) is 17.9 Å². The van der Waals surface area contributed by atoms with Crippen LogP contribution in [0.4, 0.5) is 13.2 Å². The van der Waals surface area contributed by atoms with E-state index in [1.807, 2.05) is 13.0 Å². The van der Waals surface area contributed by atoms with Crippen molar-refractivity contribution in [2.75, 3.05) is 6.61 Å². The van der Waals surface area contributed by atoms with Gasteiger partial charge in [-0.25, -0.2) is 9.48 Å². The van der Waals surface area contributed by atoms with Gasteiger partial charge in [-0.2, -0.15) is 18.3 Å². The minimum Gasteiger partial charge on any atom is -0.488 e. The van der Waals surface area contributed by atoms with E-state index in [2.05, 4.69) is 31.1 Å². The minimum absolute atomic E-state index is 0.119. The Morgan fingerprint density at radius 1 is 1.26 bits per heavy atom. The molecule has 0 aliphatic heterocycles. The van der Waals surface area contributed by atoms with Crippen molar-refractivity contribution in [1.29, 1.82) is 0 Å². The Morgan fingerprint density at radius 3 is 2.71 bits per heavy atom. The van der Waals surface area contributed by atoms with Crippen LogP contribution in [0.2, 0.25) is 0 Å². The number of halogens is 3. The topological polar surface area (TPSA) is 64.4 Å². The highest BCUT2D eigenvalue weighted by Crippen LogP contribution is 2.37. The van der Waals surface area contributed by atoms with Crippen LogP contribution in [0.5, 0.6) is 0 Å². The number of rotatable bonds is 6. The third kappa shape index (κ3) is 5.11. The summed E-state index contributed by atoms with van der Waals surface area (Å²) in [5.74, 6) is -0.457. The lowest BCUT2D eigenvalue weighted by Gasteiger charge is -2.24. The van der Waals surface area contributed by atoms with Crippen LogP contribution in [0, 0.1) is 5.92 Å². The molecule has 0 radical (unpaired) electrons. The second-order valence-electron chi connectivity index (χ2n) is 9.02. The largest absolute Gasteiger partial charge is 0.488 e. The smallest absolute Gasteiger partial charge is 0.434 e. The van der Waals surface area contributed by atoms with E-state index in [0.717, 1.165) is 47.9 Å². The van der Waals surface area contributed by atoms with Crippen LogP contribution < -0.4 is 0 Å².